The maximum absolute atomic E-state index is 12.3. The molecule has 0 aliphatic heterocycles. The molecule has 4 nitrogen and oxygen atoms in total. The Balaban J connectivity index is 1.75. The summed E-state index contributed by atoms with van der Waals surface area (Å²) in [5, 5.41) is 14.8. The third-order valence-corrected chi connectivity index (χ3v) is 7.01. The summed E-state index contributed by atoms with van der Waals surface area (Å²) in [7, 11) is 0. The quantitative estimate of drug-likeness (QED) is 0.168. The summed E-state index contributed by atoms with van der Waals surface area (Å²) in [5.41, 5.74) is 4.28. The predicted molar refractivity (Wildman–Crippen MR) is 140 cm³/mol. The summed E-state index contributed by atoms with van der Waals surface area (Å²) < 4.78 is -0.477. The lowest BCUT2D eigenvalue weighted by Crippen LogP contribution is -2.30. The number of thioether (sulfide) groups is 1. The topological polar surface area (TPSA) is 61.4 Å². The zero-order valence-corrected chi connectivity index (χ0v) is 19.7. The van der Waals surface area contributed by atoms with Gasteiger partial charge in [0.25, 0.3) is 0 Å². The van der Waals surface area contributed by atoms with Crippen LogP contribution in [0.25, 0.3) is 0 Å². The Morgan fingerprint density at radius 3 is 1.76 bits per heavy atom. The zero-order valence-electron chi connectivity index (χ0n) is 18.9. The molecule has 0 unspecified atom stereocenters. The van der Waals surface area contributed by atoms with E-state index in [2.05, 4.69) is 89.5 Å². The molecule has 0 bridgehead atoms. The van der Waals surface area contributed by atoms with Crippen molar-refractivity contribution in [3.05, 3.63) is 132 Å². The molecule has 4 rings (SSSR count). The highest BCUT2D eigenvalue weighted by molar-refractivity contribution is 8.00. The molecule has 4 aromatic carbocycles. The number of aliphatic hydroxyl groups is 1. The van der Waals surface area contributed by atoms with Crippen molar-refractivity contribution in [3.63, 3.8) is 0 Å². The van der Waals surface area contributed by atoms with Crippen LogP contribution in [0.4, 0.5) is 5.69 Å². The van der Waals surface area contributed by atoms with Crippen LogP contribution >= 0.6 is 11.8 Å². The van der Waals surface area contributed by atoms with Gasteiger partial charge in [-0.15, -0.1) is 11.8 Å². The molecule has 0 atom stereocenters. The first-order valence-corrected chi connectivity index (χ1v) is 12.1. The number of amides is 1. The summed E-state index contributed by atoms with van der Waals surface area (Å²) in [6.07, 6.45) is 0. The van der Waals surface area contributed by atoms with Crippen LogP contribution in [0.15, 0.2) is 120 Å². The number of anilines is 1. The Kier molecular flexibility index (Phi) is 8.15. The highest BCUT2D eigenvalue weighted by Gasteiger charge is 2.37. The van der Waals surface area contributed by atoms with E-state index in [1.54, 1.807) is 11.8 Å². The number of nitrogens with one attached hydrogen (secondary N) is 2. The summed E-state index contributed by atoms with van der Waals surface area (Å²) in [6.45, 7) is 0.539. The molecule has 0 aliphatic rings. The van der Waals surface area contributed by atoms with Crippen molar-refractivity contribution in [1.29, 1.82) is 0 Å². The van der Waals surface area contributed by atoms with Crippen molar-refractivity contribution in [2.24, 2.45) is 0 Å². The Labute approximate surface area is 205 Å². The van der Waals surface area contributed by atoms with E-state index in [9.17, 15) is 4.79 Å². The number of hydrogen-bond acceptors (Lipinski definition) is 4. The van der Waals surface area contributed by atoms with Gasteiger partial charge in [0.2, 0.25) is 5.91 Å². The lowest BCUT2D eigenvalue weighted by atomic mass is 9.84. The lowest BCUT2D eigenvalue weighted by molar-refractivity contribution is -0.115. The second-order valence-electron chi connectivity index (χ2n) is 7.86. The largest absolute Gasteiger partial charge is 0.395 e. The van der Waals surface area contributed by atoms with Gasteiger partial charge in [0.05, 0.1) is 17.9 Å². The zero-order chi connectivity index (χ0) is 23.6. The van der Waals surface area contributed by atoms with Crippen molar-refractivity contribution in [1.82, 2.24) is 5.32 Å². The Hall–Kier alpha value is -3.38. The number of rotatable bonds is 10. The number of aliphatic hydroxyl groups excluding tert-OH is 1. The van der Waals surface area contributed by atoms with Gasteiger partial charge in [-0.05, 0) is 34.9 Å². The molecule has 172 valence electrons. The maximum atomic E-state index is 12.3. The molecule has 1 amide bonds. The number of carbonyl (C=O) groups excluding carboxylic acids is 1. The minimum atomic E-state index is -0.477. The van der Waals surface area contributed by atoms with E-state index >= 15 is 0 Å². The third kappa shape index (κ3) is 5.57. The van der Waals surface area contributed by atoms with Crippen molar-refractivity contribution in [2.45, 2.75) is 9.64 Å². The minimum Gasteiger partial charge on any atom is -0.395 e. The lowest BCUT2D eigenvalue weighted by Gasteiger charge is -2.35. The van der Waals surface area contributed by atoms with Crippen LogP contribution in [-0.4, -0.2) is 30.7 Å². The van der Waals surface area contributed by atoms with Gasteiger partial charge in [0.1, 0.15) is 0 Å². The normalized spacial score (nSPS) is 11.2. The summed E-state index contributed by atoms with van der Waals surface area (Å²) in [6, 6.07) is 39.5. The molecule has 0 fully saturated rings. The van der Waals surface area contributed by atoms with E-state index in [1.807, 2.05) is 36.4 Å². The molecule has 0 aromatic heterocycles. The standard InChI is InChI=1S/C29H28N2O2S/c32-20-19-30-22-28(33)31-26-17-10-18-27(21-26)34-29(23-11-4-1-5-12-23,24-13-6-2-7-14-24)25-15-8-3-9-16-25/h1-18,21,30,32H,19-20,22H2,(H,31,33). The highest BCUT2D eigenvalue weighted by atomic mass is 32.2. The molecule has 34 heavy (non-hydrogen) atoms. The van der Waals surface area contributed by atoms with Crippen LogP contribution in [0.2, 0.25) is 0 Å². The Morgan fingerprint density at radius 2 is 1.26 bits per heavy atom. The van der Waals surface area contributed by atoms with E-state index in [0.717, 1.165) is 10.6 Å². The molecule has 0 saturated carbocycles. The average Bonchev–Trinajstić information content (AvgIpc) is 2.89. The fourth-order valence-corrected chi connectivity index (χ4v) is 5.44. The summed E-state index contributed by atoms with van der Waals surface area (Å²) in [4.78, 5) is 13.3. The van der Waals surface area contributed by atoms with Gasteiger partial charge in [0.15, 0.2) is 0 Å². The highest BCUT2D eigenvalue weighted by Crippen LogP contribution is 2.51. The van der Waals surface area contributed by atoms with Crippen LogP contribution in [-0.2, 0) is 9.54 Å². The molecule has 0 spiro atoms. The Morgan fingerprint density at radius 1 is 0.735 bits per heavy atom. The summed E-state index contributed by atoms with van der Waals surface area (Å²) in [5.74, 6) is -0.143. The predicted octanol–water partition coefficient (Wildman–Crippen LogP) is 5.29. The van der Waals surface area contributed by atoms with Gasteiger partial charge in [0, 0.05) is 17.1 Å². The number of carbonyl (C=O) groups is 1. The van der Waals surface area contributed by atoms with E-state index in [4.69, 9.17) is 5.11 Å². The first kappa shape index (κ1) is 23.8. The van der Waals surface area contributed by atoms with Gasteiger partial charge < -0.3 is 15.7 Å². The molecule has 0 saturated heterocycles. The molecule has 3 N–H and O–H groups in total. The third-order valence-electron chi connectivity index (χ3n) is 5.50. The minimum absolute atomic E-state index is 0.0000539. The Bertz CT molecular complexity index is 1090. The van der Waals surface area contributed by atoms with Gasteiger partial charge >= 0.3 is 0 Å². The van der Waals surface area contributed by atoms with Crippen molar-refractivity contribution >= 4 is 23.4 Å². The van der Waals surface area contributed by atoms with Crippen LogP contribution in [0, 0.1) is 0 Å². The molecule has 5 heteroatoms. The molecule has 0 heterocycles. The van der Waals surface area contributed by atoms with E-state index in [1.165, 1.54) is 16.7 Å². The molecule has 4 aromatic rings. The van der Waals surface area contributed by atoms with E-state index in [-0.39, 0.29) is 19.1 Å². The van der Waals surface area contributed by atoms with E-state index < -0.39 is 4.75 Å². The maximum Gasteiger partial charge on any atom is 0.238 e. The van der Waals surface area contributed by atoms with Gasteiger partial charge in [-0.2, -0.15) is 0 Å². The molecule has 0 radical (unpaired) electrons. The van der Waals surface area contributed by atoms with Crippen LogP contribution in [0.3, 0.4) is 0 Å². The number of benzene rings is 4. The molecular formula is C29H28N2O2S. The first-order chi connectivity index (χ1) is 16.7. The monoisotopic (exact) mass is 468 g/mol. The van der Waals surface area contributed by atoms with Crippen molar-refractivity contribution < 1.29 is 9.90 Å². The van der Waals surface area contributed by atoms with E-state index in [0.29, 0.717) is 6.54 Å². The first-order valence-electron chi connectivity index (χ1n) is 11.3. The molecular weight excluding hydrogens is 440 g/mol. The van der Waals surface area contributed by atoms with Gasteiger partial charge in [-0.25, -0.2) is 0 Å². The molecule has 0 aliphatic carbocycles. The van der Waals surface area contributed by atoms with Crippen LogP contribution < -0.4 is 10.6 Å². The smallest absolute Gasteiger partial charge is 0.238 e. The SMILES string of the molecule is O=C(CNCCO)Nc1cccc(SC(c2ccccc2)(c2ccccc2)c2ccccc2)c1. The van der Waals surface area contributed by atoms with Crippen LogP contribution in [0.5, 0.6) is 0 Å². The van der Waals surface area contributed by atoms with Crippen molar-refractivity contribution in [3.8, 4) is 0 Å². The fraction of sp³-hybridized carbons (Fsp3) is 0.138. The average molecular weight is 469 g/mol. The number of hydrogen-bond donors (Lipinski definition) is 3. The summed E-state index contributed by atoms with van der Waals surface area (Å²) >= 11 is 1.76. The second kappa shape index (κ2) is 11.7. The van der Waals surface area contributed by atoms with Crippen LogP contribution in [0.1, 0.15) is 16.7 Å². The van der Waals surface area contributed by atoms with Gasteiger partial charge in [-0.1, -0.05) is 97.1 Å². The van der Waals surface area contributed by atoms with Crippen molar-refractivity contribution in [2.75, 3.05) is 25.0 Å². The van der Waals surface area contributed by atoms with Gasteiger partial charge in [-0.3, -0.25) is 4.79 Å². The second-order valence-corrected chi connectivity index (χ2v) is 9.15. The fourth-order valence-electron chi connectivity index (χ4n) is 4.00.